The standard InChI is InChI=1S/C10H16NO/c1-11(2)7-3-5-9(11)10-6-4-8-12-10/h4,6,8-9H,3,5,7H2,1-2H3/q+1/t9-/m1/s1. The molecule has 66 valence electrons. The van der Waals surface area contributed by atoms with Crippen molar-refractivity contribution in [3.05, 3.63) is 24.2 Å². The van der Waals surface area contributed by atoms with E-state index in [2.05, 4.69) is 20.2 Å². The highest BCUT2D eigenvalue weighted by Gasteiger charge is 2.36. The third kappa shape index (κ3) is 1.16. The zero-order valence-corrected chi connectivity index (χ0v) is 7.79. The highest BCUT2D eigenvalue weighted by atomic mass is 16.3. The molecule has 0 bridgehead atoms. The minimum Gasteiger partial charge on any atom is -0.463 e. The van der Waals surface area contributed by atoms with Crippen molar-refractivity contribution in [2.75, 3.05) is 20.6 Å². The third-order valence-electron chi connectivity index (χ3n) is 2.93. The third-order valence-corrected chi connectivity index (χ3v) is 2.93. The first-order valence-corrected chi connectivity index (χ1v) is 4.56. The Kier molecular flexibility index (Phi) is 1.72. The van der Waals surface area contributed by atoms with Crippen LogP contribution in [0, 0.1) is 0 Å². The van der Waals surface area contributed by atoms with Gasteiger partial charge in [-0.15, -0.1) is 0 Å². The zero-order valence-electron chi connectivity index (χ0n) is 7.79. The van der Waals surface area contributed by atoms with Crippen molar-refractivity contribution >= 4 is 0 Å². The predicted molar refractivity (Wildman–Crippen MR) is 47.7 cm³/mol. The van der Waals surface area contributed by atoms with E-state index in [0.29, 0.717) is 6.04 Å². The monoisotopic (exact) mass is 166 g/mol. The minimum absolute atomic E-state index is 0.583. The van der Waals surface area contributed by atoms with E-state index in [1.165, 1.54) is 19.4 Å². The summed E-state index contributed by atoms with van der Waals surface area (Å²) in [5.74, 6) is 1.15. The fourth-order valence-electron chi connectivity index (χ4n) is 2.17. The van der Waals surface area contributed by atoms with Gasteiger partial charge >= 0.3 is 0 Å². The lowest BCUT2D eigenvalue weighted by atomic mass is 10.1. The van der Waals surface area contributed by atoms with Gasteiger partial charge in [0.2, 0.25) is 0 Å². The average Bonchev–Trinajstić information content (AvgIpc) is 2.55. The van der Waals surface area contributed by atoms with Gasteiger partial charge in [-0.3, -0.25) is 0 Å². The number of likely N-dealkylation sites (tertiary alicyclic amines) is 1. The van der Waals surface area contributed by atoms with Crippen LogP contribution in [0.15, 0.2) is 22.8 Å². The normalized spacial score (nSPS) is 27.7. The molecule has 1 aliphatic rings. The Bertz CT molecular complexity index is 251. The number of rotatable bonds is 1. The van der Waals surface area contributed by atoms with Gasteiger partial charge in [-0.05, 0) is 12.1 Å². The Morgan fingerprint density at radius 3 is 2.83 bits per heavy atom. The van der Waals surface area contributed by atoms with Crippen LogP contribution in [-0.4, -0.2) is 25.1 Å². The molecule has 12 heavy (non-hydrogen) atoms. The Balaban J connectivity index is 2.25. The summed E-state index contributed by atoms with van der Waals surface area (Å²) in [6, 6.07) is 4.66. The SMILES string of the molecule is C[N+]1(C)CCC[C@@H]1c1ccco1. The largest absolute Gasteiger partial charge is 0.463 e. The summed E-state index contributed by atoms with van der Waals surface area (Å²) < 4.78 is 6.51. The first kappa shape index (κ1) is 7.87. The Labute approximate surface area is 73.4 Å². The van der Waals surface area contributed by atoms with Gasteiger partial charge in [-0.1, -0.05) is 0 Å². The van der Waals surface area contributed by atoms with E-state index >= 15 is 0 Å². The van der Waals surface area contributed by atoms with Crippen molar-refractivity contribution in [2.45, 2.75) is 18.9 Å². The fourth-order valence-corrected chi connectivity index (χ4v) is 2.17. The van der Waals surface area contributed by atoms with Crippen molar-refractivity contribution in [3.8, 4) is 0 Å². The van der Waals surface area contributed by atoms with Gasteiger partial charge in [0.15, 0.2) is 5.76 Å². The number of furan rings is 1. The van der Waals surface area contributed by atoms with Crippen LogP contribution in [0.5, 0.6) is 0 Å². The topological polar surface area (TPSA) is 13.1 Å². The predicted octanol–water partition coefficient (Wildman–Crippen LogP) is 2.19. The first-order valence-electron chi connectivity index (χ1n) is 4.56. The molecular weight excluding hydrogens is 150 g/mol. The van der Waals surface area contributed by atoms with Crippen LogP contribution in [0.4, 0.5) is 0 Å². The summed E-state index contributed by atoms with van der Waals surface area (Å²) in [5, 5.41) is 0. The van der Waals surface area contributed by atoms with E-state index in [4.69, 9.17) is 4.42 Å². The summed E-state index contributed by atoms with van der Waals surface area (Å²) in [6.07, 6.45) is 4.35. The number of hydrogen-bond donors (Lipinski definition) is 0. The van der Waals surface area contributed by atoms with Crippen molar-refractivity contribution in [1.82, 2.24) is 0 Å². The molecule has 0 amide bonds. The van der Waals surface area contributed by atoms with E-state index in [1.807, 2.05) is 6.07 Å². The Morgan fingerprint density at radius 1 is 1.50 bits per heavy atom. The molecule has 2 heterocycles. The molecule has 2 nitrogen and oxygen atoms in total. The van der Waals surface area contributed by atoms with Gasteiger partial charge in [-0.25, -0.2) is 0 Å². The highest BCUT2D eigenvalue weighted by Crippen LogP contribution is 2.35. The van der Waals surface area contributed by atoms with E-state index in [0.717, 1.165) is 10.2 Å². The molecular formula is C10H16NO+. The molecule has 0 unspecified atom stereocenters. The number of nitrogens with zero attached hydrogens (tertiary/aromatic N) is 1. The maximum Gasteiger partial charge on any atom is 0.161 e. The zero-order chi connectivity index (χ0) is 8.60. The quantitative estimate of drug-likeness (QED) is 0.583. The maximum atomic E-state index is 5.44. The molecule has 2 rings (SSSR count). The molecule has 0 N–H and O–H groups in total. The molecule has 0 radical (unpaired) electrons. The second kappa shape index (κ2) is 2.63. The van der Waals surface area contributed by atoms with Gasteiger partial charge in [0.05, 0.1) is 26.9 Å². The summed E-state index contributed by atoms with van der Waals surface area (Å²) >= 11 is 0. The summed E-state index contributed by atoms with van der Waals surface area (Å²) in [6.45, 7) is 1.27. The summed E-state index contributed by atoms with van der Waals surface area (Å²) in [7, 11) is 4.56. The molecule has 0 spiro atoms. The lowest BCUT2D eigenvalue weighted by Gasteiger charge is -2.29. The lowest BCUT2D eigenvalue weighted by Crippen LogP contribution is -2.38. The van der Waals surface area contributed by atoms with Crippen LogP contribution < -0.4 is 0 Å². The van der Waals surface area contributed by atoms with Crippen molar-refractivity contribution in [3.63, 3.8) is 0 Å². The molecule has 1 saturated heterocycles. The van der Waals surface area contributed by atoms with E-state index in [1.54, 1.807) is 6.26 Å². The highest BCUT2D eigenvalue weighted by molar-refractivity contribution is 5.03. The number of quaternary nitrogens is 1. The molecule has 0 aliphatic carbocycles. The second-order valence-corrected chi connectivity index (χ2v) is 4.18. The number of hydrogen-bond acceptors (Lipinski definition) is 1. The minimum atomic E-state index is 0.583. The molecule has 1 aliphatic heterocycles. The molecule has 2 heteroatoms. The lowest BCUT2D eigenvalue weighted by molar-refractivity contribution is -0.909. The van der Waals surface area contributed by atoms with Crippen LogP contribution in [0.1, 0.15) is 24.6 Å². The van der Waals surface area contributed by atoms with Crippen LogP contribution in [0.3, 0.4) is 0 Å². The van der Waals surface area contributed by atoms with Crippen molar-refractivity contribution in [2.24, 2.45) is 0 Å². The molecule has 1 aromatic heterocycles. The van der Waals surface area contributed by atoms with Gasteiger partial charge in [0, 0.05) is 12.8 Å². The average molecular weight is 166 g/mol. The Hall–Kier alpha value is -0.760. The van der Waals surface area contributed by atoms with Gasteiger partial charge in [0.25, 0.3) is 0 Å². The summed E-state index contributed by atoms with van der Waals surface area (Å²) in [4.78, 5) is 0. The molecule has 0 aromatic carbocycles. The Morgan fingerprint density at radius 2 is 2.33 bits per heavy atom. The van der Waals surface area contributed by atoms with Crippen LogP contribution in [0.25, 0.3) is 0 Å². The summed E-state index contributed by atoms with van der Waals surface area (Å²) in [5.41, 5.74) is 0. The van der Waals surface area contributed by atoms with Crippen LogP contribution in [-0.2, 0) is 0 Å². The maximum absolute atomic E-state index is 5.44. The van der Waals surface area contributed by atoms with Gasteiger partial charge in [-0.2, -0.15) is 0 Å². The molecule has 1 fully saturated rings. The van der Waals surface area contributed by atoms with Crippen LogP contribution in [0.2, 0.25) is 0 Å². The molecule has 0 saturated carbocycles. The van der Waals surface area contributed by atoms with Crippen molar-refractivity contribution < 1.29 is 8.90 Å². The first-order chi connectivity index (χ1) is 5.70. The molecule has 1 atom stereocenters. The smallest absolute Gasteiger partial charge is 0.161 e. The van der Waals surface area contributed by atoms with E-state index in [9.17, 15) is 0 Å². The molecule has 1 aromatic rings. The van der Waals surface area contributed by atoms with Crippen molar-refractivity contribution in [1.29, 1.82) is 0 Å². The van der Waals surface area contributed by atoms with Crippen LogP contribution >= 0.6 is 0 Å². The fraction of sp³-hybridized carbons (Fsp3) is 0.600. The van der Waals surface area contributed by atoms with E-state index < -0.39 is 0 Å². The second-order valence-electron chi connectivity index (χ2n) is 4.18. The van der Waals surface area contributed by atoms with E-state index in [-0.39, 0.29) is 0 Å². The van der Waals surface area contributed by atoms with Gasteiger partial charge < -0.3 is 8.90 Å². The van der Waals surface area contributed by atoms with Gasteiger partial charge in [0.1, 0.15) is 6.04 Å².